The van der Waals surface area contributed by atoms with Crippen LogP contribution in [0.3, 0.4) is 0 Å². The van der Waals surface area contributed by atoms with Gasteiger partial charge in [-0.15, -0.1) is 9.45 Å². The summed E-state index contributed by atoms with van der Waals surface area (Å²) in [5.41, 5.74) is 7.97. The zero-order valence-corrected chi connectivity index (χ0v) is 19.2. The molecule has 0 spiro atoms. The molecule has 0 saturated carbocycles. The van der Waals surface area contributed by atoms with Crippen LogP contribution in [0.4, 0.5) is 17.1 Å². The molecule has 0 atom stereocenters. The van der Waals surface area contributed by atoms with Crippen LogP contribution >= 0.6 is 12.0 Å². The van der Waals surface area contributed by atoms with Crippen molar-refractivity contribution in [2.75, 3.05) is 18.9 Å². The molecule has 3 aromatic rings. The van der Waals surface area contributed by atoms with Gasteiger partial charge in [0, 0.05) is 11.0 Å². The van der Waals surface area contributed by atoms with Gasteiger partial charge in [-0.05, 0) is 66.1 Å². The Morgan fingerprint density at radius 1 is 1.03 bits per heavy atom. The lowest BCUT2D eigenvalue weighted by Gasteiger charge is -2.11. The van der Waals surface area contributed by atoms with E-state index in [1.54, 1.807) is 32.0 Å². The summed E-state index contributed by atoms with van der Waals surface area (Å²) in [7, 11) is -4.64. The van der Waals surface area contributed by atoms with Crippen molar-refractivity contribution in [2.24, 2.45) is 10.2 Å². The number of anilines is 1. The Hall–Kier alpha value is -2.78. The molecule has 0 bridgehead atoms. The number of fused-ring (bicyclic) bond motifs is 1. The Morgan fingerprint density at radius 2 is 1.76 bits per heavy atom. The molecule has 0 heterocycles. The molecule has 3 rings (SSSR count). The number of ether oxygens (including phenoxy) is 1. The Bertz CT molecular complexity index is 1310. The number of nitrogen functional groups attached to an aromatic ring is 1. The second kappa shape index (κ2) is 10.4. The van der Waals surface area contributed by atoms with Crippen LogP contribution in [0.5, 0.6) is 5.75 Å². The van der Waals surface area contributed by atoms with Gasteiger partial charge in [-0.3, -0.25) is 4.55 Å². The van der Waals surface area contributed by atoms with Gasteiger partial charge in [-0.25, -0.2) is 5.26 Å². The van der Waals surface area contributed by atoms with Crippen molar-refractivity contribution in [3.05, 3.63) is 47.5 Å². The highest BCUT2D eigenvalue weighted by Crippen LogP contribution is 2.37. The molecule has 0 fully saturated rings. The summed E-state index contributed by atoms with van der Waals surface area (Å²) in [5, 5.41) is 30.2. The topological polar surface area (TPSA) is 173 Å². The largest absolute Gasteiger partial charge is 0.489 e. The Labute approximate surface area is 193 Å². The molecule has 0 aliphatic heterocycles. The number of azo groups is 1. The minimum Gasteiger partial charge on any atom is -0.489 e. The minimum absolute atomic E-state index is 0.0381. The lowest BCUT2D eigenvalue weighted by molar-refractivity contribution is -0.432. The second-order valence-corrected chi connectivity index (χ2v) is 9.09. The number of benzene rings is 3. The maximum atomic E-state index is 12.0. The maximum Gasteiger partial charge on any atom is 0.296 e. The molecular weight excluding hydrogens is 474 g/mol. The predicted octanol–water partition coefficient (Wildman–Crippen LogP) is 4.50. The van der Waals surface area contributed by atoms with Gasteiger partial charge in [-0.1, -0.05) is 5.04 Å². The Kier molecular flexibility index (Phi) is 7.86. The number of aryl methyl sites for hydroxylation is 2. The van der Waals surface area contributed by atoms with Crippen molar-refractivity contribution in [3.8, 4) is 5.75 Å². The lowest BCUT2D eigenvalue weighted by atomic mass is 10.0. The highest BCUT2D eigenvalue weighted by Gasteiger charge is 2.18. The summed E-state index contributed by atoms with van der Waals surface area (Å²) in [4.78, 5) is 0.0853. The van der Waals surface area contributed by atoms with Crippen molar-refractivity contribution in [2.45, 2.75) is 23.6 Å². The summed E-state index contributed by atoms with van der Waals surface area (Å²) >= 11 is 0.720. The summed E-state index contributed by atoms with van der Waals surface area (Å²) in [6.45, 7) is 3.37. The first-order valence-electron chi connectivity index (χ1n) is 9.40. The minimum atomic E-state index is -4.64. The van der Waals surface area contributed by atoms with Gasteiger partial charge in [0.1, 0.15) is 22.9 Å². The van der Waals surface area contributed by atoms with Gasteiger partial charge < -0.3 is 15.6 Å². The van der Waals surface area contributed by atoms with E-state index in [0.29, 0.717) is 38.4 Å². The highest BCUT2D eigenvalue weighted by atomic mass is 32.2. The molecule has 11 nitrogen and oxygen atoms in total. The van der Waals surface area contributed by atoms with Crippen LogP contribution in [0.25, 0.3) is 10.8 Å². The van der Waals surface area contributed by atoms with Gasteiger partial charge in [0.15, 0.2) is 0 Å². The molecule has 176 valence electrons. The molecule has 0 aliphatic rings. The molecule has 3 aromatic carbocycles. The third-order valence-electron chi connectivity index (χ3n) is 4.59. The van der Waals surface area contributed by atoms with Crippen molar-refractivity contribution in [1.29, 1.82) is 0 Å². The molecule has 13 heteroatoms. The van der Waals surface area contributed by atoms with E-state index >= 15 is 0 Å². The van der Waals surface area contributed by atoms with Crippen molar-refractivity contribution in [1.82, 2.24) is 0 Å². The van der Waals surface area contributed by atoms with E-state index < -0.39 is 15.0 Å². The number of hydrogen-bond donors (Lipinski definition) is 4. The molecule has 0 aromatic heterocycles. The van der Waals surface area contributed by atoms with Crippen molar-refractivity contribution in [3.63, 3.8) is 0 Å². The Balaban J connectivity index is 2.10. The number of aliphatic hydroxyl groups excluding tert-OH is 1. The van der Waals surface area contributed by atoms with Crippen LogP contribution in [0.1, 0.15) is 11.1 Å². The lowest BCUT2D eigenvalue weighted by Crippen LogP contribution is -2.04. The first kappa shape index (κ1) is 24.9. The number of hydrogen-bond acceptors (Lipinski definition) is 11. The average Bonchev–Trinajstić information content (AvgIpc) is 2.75. The molecule has 0 amide bonds. The zero-order valence-electron chi connectivity index (χ0n) is 17.5. The smallest absolute Gasteiger partial charge is 0.296 e. The van der Waals surface area contributed by atoms with Crippen LogP contribution < -0.4 is 10.5 Å². The summed E-state index contributed by atoms with van der Waals surface area (Å²) in [6, 6.07) is 9.22. The predicted molar refractivity (Wildman–Crippen MR) is 122 cm³/mol. The van der Waals surface area contributed by atoms with Crippen molar-refractivity contribution < 1.29 is 37.4 Å². The molecule has 0 aliphatic carbocycles. The first-order valence-corrected chi connectivity index (χ1v) is 11.6. The summed E-state index contributed by atoms with van der Waals surface area (Å²) in [5.74, 6) is 0.298. The second-order valence-electron chi connectivity index (χ2n) is 6.93. The van der Waals surface area contributed by atoms with Crippen LogP contribution in [-0.2, 0) is 19.5 Å². The van der Waals surface area contributed by atoms with Crippen molar-refractivity contribution >= 4 is 50.0 Å². The molecule has 0 unspecified atom stereocenters. The quantitative estimate of drug-likeness (QED) is 0.0826. The monoisotopic (exact) mass is 495 g/mol. The van der Waals surface area contributed by atoms with Crippen LogP contribution in [0.2, 0.25) is 0 Å². The number of nitrogens with two attached hydrogens (primary N) is 1. The van der Waals surface area contributed by atoms with E-state index in [-0.39, 0.29) is 18.9 Å². The zero-order chi connectivity index (χ0) is 24.2. The maximum absolute atomic E-state index is 12.0. The van der Waals surface area contributed by atoms with E-state index in [4.69, 9.17) is 20.8 Å². The first-order chi connectivity index (χ1) is 15.6. The normalized spacial score (nSPS) is 12.0. The molecule has 33 heavy (non-hydrogen) atoms. The molecule has 0 saturated heterocycles. The van der Waals surface area contributed by atoms with E-state index in [1.165, 1.54) is 18.2 Å². The number of aliphatic hydroxyl groups is 1. The van der Waals surface area contributed by atoms with Gasteiger partial charge in [0.25, 0.3) is 10.1 Å². The molecule has 0 radical (unpaired) electrons. The van der Waals surface area contributed by atoms with Crippen LogP contribution in [-0.4, -0.2) is 36.5 Å². The number of nitrogens with zero attached hydrogens (tertiary/aromatic N) is 2. The van der Waals surface area contributed by atoms with Gasteiger partial charge in [0.2, 0.25) is 0 Å². The van der Waals surface area contributed by atoms with Gasteiger partial charge in [-0.2, -0.15) is 13.5 Å². The van der Waals surface area contributed by atoms with Gasteiger partial charge in [0.05, 0.1) is 30.0 Å². The fraction of sp³-hybridized carbons (Fsp3) is 0.200. The highest BCUT2D eigenvalue weighted by molar-refractivity contribution is 7.94. The SMILES string of the molecule is Cc1cc(N)c(OCCO)cc1N=Nc1cc2c(C)cc(SOOO)cc2cc1S(=O)(=O)O. The average molecular weight is 496 g/mol. The van der Waals surface area contributed by atoms with Crippen LogP contribution in [0.15, 0.2) is 56.4 Å². The standard InChI is InChI=1S/C20H21N3O8S2/c1-11-5-14(32-31-30-25)7-13-8-20(33(26,27)28)18(9-15(11)13)23-22-17-10-19(29-4-3-24)16(21)6-12(17)2/h5-10,24-25H,3-4,21H2,1-2H3,(H,26,27,28). The fourth-order valence-electron chi connectivity index (χ4n) is 3.11. The van der Waals surface area contributed by atoms with Gasteiger partial charge >= 0.3 is 0 Å². The fourth-order valence-corrected chi connectivity index (χ4v) is 4.26. The van der Waals surface area contributed by atoms with E-state index in [2.05, 4.69) is 19.6 Å². The Morgan fingerprint density at radius 3 is 2.42 bits per heavy atom. The molecular formula is C20H21N3O8S2. The number of rotatable bonds is 9. The third-order valence-corrected chi connectivity index (χ3v) is 6.03. The third kappa shape index (κ3) is 5.97. The summed E-state index contributed by atoms with van der Waals surface area (Å²) < 4.78 is 43.7. The van der Waals surface area contributed by atoms with E-state index in [1.807, 2.05) is 0 Å². The summed E-state index contributed by atoms with van der Waals surface area (Å²) in [6.07, 6.45) is 0. The van der Waals surface area contributed by atoms with E-state index in [0.717, 1.165) is 17.6 Å². The molecule has 5 N–H and O–H groups in total. The van der Waals surface area contributed by atoms with Crippen LogP contribution in [0, 0.1) is 13.8 Å². The van der Waals surface area contributed by atoms with E-state index in [9.17, 15) is 13.0 Å².